The Labute approximate surface area is 243 Å². The van der Waals surface area contributed by atoms with E-state index in [1.54, 1.807) is 18.2 Å². The standard InChI is InChI=1S/C31H38ClN3O4S/c1-6-24(5)33-31(37)29(7-2)34(20-25-13-11-22(3)12-14-25)30(36)21-35(27-10-8-9-23(4)19-27)40(38,39)28-17-15-26(32)16-18-28/h8-19,24,29H,6-7,20-21H2,1-5H3,(H,33,37). The SMILES string of the molecule is CCC(C)NC(=O)C(CC)N(Cc1ccc(C)cc1)C(=O)CN(c1cccc(C)c1)S(=O)(=O)c1ccc(Cl)cc1. The van der Waals surface area contributed by atoms with Crippen LogP contribution in [0.15, 0.2) is 77.7 Å². The number of hydrogen-bond acceptors (Lipinski definition) is 4. The second-order valence-electron chi connectivity index (χ2n) is 10.1. The third-order valence-corrected chi connectivity index (χ3v) is 8.87. The van der Waals surface area contributed by atoms with E-state index < -0.39 is 28.5 Å². The number of amides is 2. The highest BCUT2D eigenvalue weighted by Crippen LogP contribution is 2.26. The summed E-state index contributed by atoms with van der Waals surface area (Å²) >= 11 is 6.01. The normalized spacial score (nSPS) is 12.8. The Kier molecular flexibility index (Phi) is 10.8. The zero-order valence-corrected chi connectivity index (χ0v) is 25.3. The van der Waals surface area contributed by atoms with Gasteiger partial charge in [0.15, 0.2) is 0 Å². The van der Waals surface area contributed by atoms with Crippen molar-refractivity contribution in [3.05, 3.63) is 94.5 Å². The fourth-order valence-corrected chi connectivity index (χ4v) is 5.83. The van der Waals surface area contributed by atoms with E-state index >= 15 is 0 Å². The fraction of sp³-hybridized carbons (Fsp3) is 0.355. The molecule has 40 heavy (non-hydrogen) atoms. The maximum atomic E-state index is 14.1. The molecule has 2 unspecified atom stereocenters. The highest BCUT2D eigenvalue weighted by molar-refractivity contribution is 7.92. The predicted molar refractivity (Wildman–Crippen MR) is 161 cm³/mol. The van der Waals surface area contributed by atoms with Gasteiger partial charge in [0.1, 0.15) is 12.6 Å². The monoisotopic (exact) mass is 583 g/mol. The molecule has 3 aromatic rings. The van der Waals surface area contributed by atoms with Crippen molar-refractivity contribution in [2.24, 2.45) is 0 Å². The van der Waals surface area contributed by atoms with Crippen LogP contribution >= 0.6 is 11.6 Å². The number of sulfonamides is 1. The molecule has 7 nitrogen and oxygen atoms in total. The predicted octanol–water partition coefficient (Wildman–Crippen LogP) is 5.87. The lowest BCUT2D eigenvalue weighted by atomic mass is 10.1. The Morgan fingerprint density at radius 2 is 1.55 bits per heavy atom. The molecule has 2 atom stereocenters. The molecule has 9 heteroatoms. The summed E-state index contributed by atoms with van der Waals surface area (Å²) < 4.78 is 28.9. The summed E-state index contributed by atoms with van der Waals surface area (Å²) in [6, 6.07) is 19.7. The molecule has 0 spiro atoms. The van der Waals surface area contributed by atoms with Crippen molar-refractivity contribution in [1.82, 2.24) is 10.2 Å². The highest BCUT2D eigenvalue weighted by Gasteiger charge is 2.34. The number of anilines is 1. The van der Waals surface area contributed by atoms with E-state index in [2.05, 4.69) is 5.32 Å². The third kappa shape index (κ3) is 7.86. The van der Waals surface area contributed by atoms with Crippen molar-refractivity contribution in [1.29, 1.82) is 0 Å². The van der Waals surface area contributed by atoms with Gasteiger partial charge in [-0.3, -0.25) is 13.9 Å². The highest BCUT2D eigenvalue weighted by atomic mass is 35.5. The number of aryl methyl sites for hydroxylation is 2. The first-order chi connectivity index (χ1) is 19.0. The smallest absolute Gasteiger partial charge is 0.264 e. The first kappa shape index (κ1) is 31.2. The van der Waals surface area contributed by atoms with Crippen LogP contribution in [-0.4, -0.2) is 43.8 Å². The van der Waals surface area contributed by atoms with Gasteiger partial charge in [0.2, 0.25) is 11.8 Å². The Hall–Kier alpha value is -3.36. The van der Waals surface area contributed by atoms with Gasteiger partial charge in [0.25, 0.3) is 10.0 Å². The van der Waals surface area contributed by atoms with Crippen LogP contribution in [0, 0.1) is 13.8 Å². The van der Waals surface area contributed by atoms with Crippen LogP contribution < -0.4 is 9.62 Å². The van der Waals surface area contributed by atoms with Gasteiger partial charge in [-0.15, -0.1) is 0 Å². The first-order valence-corrected chi connectivity index (χ1v) is 15.3. The number of halogens is 1. The average molecular weight is 584 g/mol. The average Bonchev–Trinajstić information content (AvgIpc) is 2.92. The van der Waals surface area contributed by atoms with Gasteiger partial charge < -0.3 is 10.2 Å². The minimum Gasteiger partial charge on any atom is -0.352 e. The van der Waals surface area contributed by atoms with Gasteiger partial charge in [0, 0.05) is 17.6 Å². The maximum absolute atomic E-state index is 14.1. The van der Waals surface area contributed by atoms with Gasteiger partial charge in [-0.1, -0.05) is 67.4 Å². The first-order valence-electron chi connectivity index (χ1n) is 13.5. The van der Waals surface area contributed by atoms with Crippen LogP contribution in [0.3, 0.4) is 0 Å². The molecule has 0 bridgehead atoms. The molecule has 214 valence electrons. The van der Waals surface area contributed by atoms with E-state index in [0.717, 1.165) is 27.4 Å². The molecule has 0 heterocycles. The second kappa shape index (κ2) is 13.8. The molecule has 0 aliphatic carbocycles. The minimum absolute atomic E-state index is 0.0119. The Morgan fingerprint density at radius 1 is 0.900 bits per heavy atom. The van der Waals surface area contributed by atoms with E-state index in [0.29, 0.717) is 17.1 Å². The van der Waals surface area contributed by atoms with Crippen molar-refractivity contribution < 1.29 is 18.0 Å². The Morgan fingerprint density at radius 3 is 2.12 bits per heavy atom. The van der Waals surface area contributed by atoms with Crippen LogP contribution in [0.4, 0.5) is 5.69 Å². The Balaban J connectivity index is 2.05. The van der Waals surface area contributed by atoms with Gasteiger partial charge in [-0.25, -0.2) is 8.42 Å². The lowest BCUT2D eigenvalue weighted by Crippen LogP contribution is -2.53. The molecular weight excluding hydrogens is 546 g/mol. The molecular formula is C31H38ClN3O4S. The van der Waals surface area contributed by atoms with Crippen LogP contribution in [0.25, 0.3) is 0 Å². The number of carbonyl (C=O) groups is 2. The molecule has 2 amide bonds. The van der Waals surface area contributed by atoms with Crippen LogP contribution in [0.2, 0.25) is 5.02 Å². The van der Waals surface area contributed by atoms with Crippen LogP contribution in [-0.2, 0) is 26.2 Å². The number of rotatable bonds is 12. The summed E-state index contributed by atoms with van der Waals surface area (Å²) in [6.45, 7) is 9.24. The molecule has 0 aliphatic heterocycles. The molecule has 3 rings (SSSR count). The van der Waals surface area contributed by atoms with Gasteiger partial charge in [-0.05, 0) is 81.1 Å². The topological polar surface area (TPSA) is 86.8 Å². The van der Waals surface area contributed by atoms with Crippen molar-refractivity contribution in [2.45, 2.75) is 71.0 Å². The largest absolute Gasteiger partial charge is 0.352 e. The van der Waals surface area contributed by atoms with E-state index in [4.69, 9.17) is 11.6 Å². The van der Waals surface area contributed by atoms with Crippen LogP contribution in [0.5, 0.6) is 0 Å². The number of benzene rings is 3. The van der Waals surface area contributed by atoms with E-state index in [9.17, 15) is 18.0 Å². The van der Waals surface area contributed by atoms with Crippen molar-refractivity contribution >= 4 is 39.1 Å². The number of carbonyl (C=O) groups excluding carboxylic acids is 2. The summed E-state index contributed by atoms with van der Waals surface area (Å²) in [5.74, 6) is -0.745. The summed E-state index contributed by atoms with van der Waals surface area (Å²) in [4.78, 5) is 28.9. The van der Waals surface area contributed by atoms with Gasteiger partial charge in [0.05, 0.1) is 10.6 Å². The van der Waals surface area contributed by atoms with Crippen molar-refractivity contribution in [2.75, 3.05) is 10.8 Å². The number of hydrogen-bond donors (Lipinski definition) is 1. The zero-order valence-electron chi connectivity index (χ0n) is 23.7. The van der Waals surface area contributed by atoms with E-state index in [1.807, 2.05) is 65.0 Å². The number of nitrogens with zero attached hydrogens (tertiary/aromatic N) is 2. The van der Waals surface area contributed by atoms with Gasteiger partial charge in [-0.2, -0.15) is 0 Å². The molecule has 0 fully saturated rings. The quantitative estimate of drug-likeness (QED) is 0.289. The summed E-state index contributed by atoms with van der Waals surface area (Å²) in [7, 11) is -4.14. The summed E-state index contributed by atoms with van der Waals surface area (Å²) in [6.07, 6.45) is 1.11. The number of nitrogens with one attached hydrogen (secondary N) is 1. The molecule has 0 aromatic heterocycles. The molecule has 3 aromatic carbocycles. The van der Waals surface area contributed by atoms with Crippen LogP contribution in [0.1, 0.15) is 50.3 Å². The molecule has 0 saturated heterocycles. The lowest BCUT2D eigenvalue weighted by molar-refractivity contribution is -0.140. The maximum Gasteiger partial charge on any atom is 0.264 e. The molecule has 1 N–H and O–H groups in total. The van der Waals surface area contributed by atoms with Gasteiger partial charge >= 0.3 is 0 Å². The Bertz CT molecular complexity index is 1410. The molecule has 0 saturated carbocycles. The summed E-state index contributed by atoms with van der Waals surface area (Å²) in [5, 5.41) is 3.39. The van der Waals surface area contributed by atoms with E-state index in [1.165, 1.54) is 29.2 Å². The molecule has 0 radical (unpaired) electrons. The lowest BCUT2D eigenvalue weighted by Gasteiger charge is -2.33. The van der Waals surface area contributed by atoms with Crippen molar-refractivity contribution in [3.8, 4) is 0 Å². The zero-order chi connectivity index (χ0) is 29.4. The second-order valence-corrected chi connectivity index (χ2v) is 12.4. The van der Waals surface area contributed by atoms with Crippen molar-refractivity contribution in [3.63, 3.8) is 0 Å². The third-order valence-electron chi connectivity index (χ3n) is 6.83. The molecule has 0 aliphatic rings. The fourth-order valence-electron chi connectivity index (χ4n) is 4.30. The van der Waals surface area contributed by atoms with E-state index in [-0.39, 0.29) is 23.4 Å². The minimum atomic E-state index is -4.14. The summed E-state index contributed by atoms with van der Waals surface area (Å²) in [5.41, 5.74) is 3.12.